The van der Waals surface area contributed by atoms with Gasteiger partial charge in [-0.05, 0) is 19.3 Å². The molecule has 5 nitrogen and oxygen atoms in total. The standard InChI is InChI=1S/C11H17N3O2/c12-6-8-2-1-3-9(8)14-11(15)10-7-13-4-5-16-10/h8-10,13H,1-5,7H2,(H,14,15). The van der Waals surface area contributed by atoms with E-state index >= 15 is 0 Å². The molecule has 1 heterocycles. The summed E-state index contributed by atoms with van der Waals surface area (Å²) in [6, 6.07) is 2.27. The molecule has 88 valence electrons. The van der Waals surface area contributed by atoms with E-state index in [0.717, 1.165) is 25.8 Å². The number of ether oxygens (including phenoxy) is 1. The SMILES string of the molecule is N#CC1CCCC1NC(=O)C1CNCCO1. The fourth-order valence-electron chi connectivity index (χ4n) is 2.30. The van der Waals surface area contributed by atoms with Crippen molar-refractivity contribution in [2.45, 2.75) is 31.4 Å². The van der Waals surface area contributed by atoms with Gasteiger partial charge in [-0.1, -0.05) is 0 Å². The Bertz CT molecular complexity index is 294. The summed E-state index contributed by atoms with van der Waals surface area (Å²) in [6.45, 7) is 1.94. The van der Waals surface area contributed by atoms with Crippen LogP contribution in [0.25, 0.3) is 0 Å². The van der Waals surface area contributed by atoms with Crippen LogP contribution < -0.4 is 10.6 Å². The molecule has 0 aromatic rings. The first-order chi connectivity index (χ1) is 7.81. The van der Waals surface area contributed by atoms with Crippen LogP contribution in [0, 0.1) is 17.2 Å². The molecule has 2 aliphatic rings. The van der Waals surface area contributed by atoms with E-state index in [4.69, 9.17) is 10.00 Å². The van der Waals surface area contributed by atoms with Crippen molar-refractivity contribution in [2.75, 3.05) is 19.7 Å². The van der Waals surface area contributed by atoms with Crippen LogP contribution in [0.5, 0.6) is 0 Å². The third-order valence-corrected chi connectivity index (χ3v) is 3.23. The Hall–Kier alpha value is -1.12. The third-order valence-electron chi connectivity index (χ3n) is 3.23. The largest absolute Gasteiger partial charge is 0.366 e. The second-order valence-electron chi connectivity index (χ2n) is 4.35. The molecule has 2 fully saturated rings. The fourth-order valence-corrected chi connectivity index (χ4v) is 2.30. The Morgan fingerprint density at radius 1 is 1.50 bits per heavy atom. The summed E-state index contributed by atoms with van der Waals surface area (Å²) in [5, 5.41) is 15.0. The lowest BCUT2D eigenvalue weighted by molar-refractivity contribution is -0.135. The number of amides is 1. The van der Waals surface area contributed by atoms with Gasteiger partial charge in [-0.3, -0.25) is 4.79 Å². The van der Waals surface area contributed by atoms with Crippen LogP contribution in [-0.4, -0.2) is 37.7 Å². The molecule has 5 heteroatoms. The average Bonchev–Trinajstić information content (AvgIpc) is 2.77. The number of morpholine rings is 1. The molecule has 0 aromatic heterocycles. The van der Waals surface area contributed by atoms with Gasteiger partial charge in [0.05, 0.1) is 18.6 Å². The molecule has 1 amide bonds. The number of hydrogen-bond donors (Lipinski definition) is 2. The van der Waals surface area contributed by atoms with E-state index in [1.807, 2.05) is 0 Å². The van der Waals surface area contributed by atoms with Crippen molar-refractivity contribution in [1.29, 1.82) is 5.26 Å². The van der Waals surface area contributed by atoms with Crippen LogP contribution in [0.15, 0.2) is 0 Å². The van der Waals surface area contributed by atoms with Gasteiger partial charge >= 0.3 is 0 Å². The van der Waals surface area contributed by atoms with E-state index in [1.165, 1.54) is 0 Å². The van der Waals surface area contributed by atoms with Crippen molar-refractivity contribution in [3.63, 3.8) is 0 Å². The first kappa shape index (κ1) is 11.4. The van der Waals surface area contributed by atoms with Crippen molar-refractivity contribution < 1.29 is 9.53 Å². The normalized spacial score (nSPS) is 34.3. The number of nitriles is 1. The Balaban J connectivity index is 1.84. The minimum atomic E-state index is -0.395. The Labute approximate surface area is 95.1 Å². The maximum Gasteiger partial charge on any atom is 0.250 e. The van der Waals surface area contributed by atoms with Gasteiger partial charge in [0.25, 0.3) is 5.91 Å². The van der Waals surface area contributed by atoms with E-state index in [0.29, 0.717) is 13.2 Å². The number of carbonyl (C=O) groups excluding carboxylic acids is 1. The predicted molar refractivity (Wildman–Crippen MR) is 57.5 cm³/mol. The number of carbonyl (C=O) groups is 1. The number of nitrogens with zero attached hydrogens (tertiary/aromatic N) is 1. The van der Waals surface area contributed by atoms with Gasteiger partial charge < -0.3 is 15.4 Å². The molecule has 0 aromatic carbocycles. The van der Waals surface area contributed by atoms with Crippen LogP contribution in [0.4, 0.5) is 0 Å². The summed E-state index contributed by atoms with van der Waals surface area (Å²) in [4.78, 5) is 11.8. The summed E-state index contributed by atoms with van der Waals surface area (Å²) >= 11 is 0. The summed E-state index contributed by atoms with van der Waals surface area (Å²) in [5.41, 5.74) is 0. The van der Waals surface area contributed by atoms with Crippen LogP contribution in [0.1, 0.15) is 19.3 Å². The molecule has 2 rings (SSSR count). The summed E-state index contributed by atoms with van der Waals surface area (Å²) in [6.07, 6.45) is 2.43. The average molecular weight is 223 g/mol. The zero-order valence-corrected chi connectivity index (χ0v) is 9.24. The predicted octanol–water partition coefficient (Wildman–Crippen LogP) is -0.217. The molecular formula is C11H17N3O2. The molecule has 2 N–H and O–H groups in total. The number of hydrogen-bond acceptors (Lipinski definition) is 4. The van der Waals surface area contributed by atoms with E-state index in [1.54, 1.807) is 0 Å². The van der Waals surface area contributed by atoms with Crippen LogP contribution in [0.3, 0.4) is 0 Å². The van der Waals surface area contributed by atoms with Crippen molar-refractivity contribution in [2.24, 2.45) is 5.92 Å². The summed E-state index contributed by atoms with van der Waals surface area (Å²) in [5.74, 6) is -0.111. The highest BCUT2D eigenvalue weighted by Crippen LogP contribution is 2.24. The molecule has 0 radical (unpaired) electrons. The molecule has 1 saturated heterocycles. The van der Waals surface area contributed by atoms with Gasteiger partial charge in [0.2, 0.25) is 0 Å². The molecule has 0 spiro atoms. The first-order valence-corrected chi connectivity index (χ1v) is 5.83. The minimum Gasteiger partial charge on any atom is -0.366 e. The number of nitrogens with one attached hydrogen (secondary N) is 2. The first-order valence-electron chi connectivity index (χ1n) is 5.83. The zero-order chi connectivity index (χ0) is 11.4. The van der Waals surface area contributed by atoms with E-state index in [-0.39, 0.29) is 17.9 Å². The van der Waals surface area contributed by atoms with Crippen molar-refractivity contribution in [3.8, 4) is 6.07 Å². The molecule has 3 atom stereocenters. The lowest BCUT2D eigenvalue weighted by Crippen LogP contribution is -2.50. The van der Waals surface area contributed by atoms with Gasteiger partial charge in [-0.2, -0.15) is 5.26 Å². The molecule has 0 bridgehead atoms. The maximum absolute atomic E-state index is 11.8. The third kappa shape index (κ3) is 2.52. The summed E-state index contributed by atoms with van der Waals surface area (Å²) < 4.78 is 5.36. The summed E-state index contributed by atoms with van der Waals surface area (Å²) in [7, 11) is 0. The van der Waals surface area contributed by atoms with Crippen molar-refractivity contribution >= 4 is 5.91 Å². The Morgan fingerprint density at radius 2 is 2.38 bits per heavy atom. The lowest BCUT2D eigenvalue weighted by atomic mass is 10.1. The molecule has 16 heavy (non-hydrogen) atoms. The van der Waals surface area contributed by atoms with E-state index in [9.17, 15) is 4.79 Å². The topological polar surface area (TPSA) is 74.2 Å². The highest BCUT2D eigenvalue weighted by Gasteiger charge is 2.31. The maximum atomic E-state index is 11.8. The molecular weight excluding hydrogens is 206 g/mol. The number of rotatable bonds is 2. The minimum absolute atomic E-state index is 0.0167. The highest BCUT2D eigenvalue weighted by atomic mass is 16.5. The molecule has 3 unspecified atom stereocenters. The van der Waals surface area contributed by atoms with Crippen LogP contribution >= 0.6 is 0 Å². The van der Waals surface area contributed by atoms with Gasteiger partial charge in [0.1, 0.15) is 6.10 Å². The quantitative estimate of drug-likeness (QED) is 0.679. The second kappa shape index (κ2) is 5.28. The second-order valence-corrected chi connectivity index (χ2v) is 4.35. The van der Waals surface area contributed by atoms with E-state index in [2.05, 4.69) is 16.7 Å². The van der Waals surface area contributed by atoms with Crippen molar-refractivity contribution in [3.05, 3.63) is 0 Å². The highest BCUT2D eigenvalue weighted by molar-refractivity contribution is 5.81. The van der Waals surface area contributed by atoms with Crippen LogP contribution in [0.2, 0.25) is 0 Å². The fraction of sp³-hybridized carbons (Fsp3) is 0.818. The zero-order valence-electron chi connectivity index (χ0n) is 9.24. The van der Waals surface area contributed by atoms with Gasteiger partial charge in [-0.15, -0.1) is 0 Å². The Kier molecular flexibility index (Phi) is 3.75. The van der Waals surface area contributed by atoms with Gasteiger partial charge in [0, 0.05) is 19.1 Å². The monoisotopic (exact) mass is 223 g/mol. The lowest BCUT2D eigenvalue weighted by Gasteiger charge is -2.25. The molecule has 1 aliphatic heterocycles. The van der Waals surface area contributed by atoms with Crippen LogP contribution in [-0.2, 0) is 9.53 Å². The molecule has 1 aliphatic carbocycles. The van der Waals surface area contributed by atoms with E-state index < -0.39 is 6.10 Å². The Morgan fingerprint density at radius 3 is 3.06 bits per heavy atom. The molecule has 1 saturated carbocycles. The smallest absolute Gasteiger partial charge is 0.250 e. The van der Waals surface area contributed by atoms with Gasteiger partial charge in [-0.25, -0.2) is 0 Å². The van der Waals surface area contributed by atoms with Gasteiger partial charge in [0.15, 0.2) is 0 Å². The van der Waals surface area contributed by atoms with Crippen molar-refractivity contribution in [1.82, 2.24) is 10.6 Å².